The first-order valence-corrected chi connectivity index (χ1v) is 10.5. The summed E-state index contributed by atoms with van der Waals surface area (Å²) >= 11 is 1.28. The van der Waals surface area contributed by atoms with Gasteiger partial charge in [-0.2, -0.15) is 4.31 Å². The molecule has 128 valence electrons. The molecule has 3 rings (SSSR count). The van der Waals surface area contributed by atoms with E-state index in [-0.39, 0.29) is 5.91 Å². The molecule has 2 aliphatic rings. The number of hydrogen-bond acceptors (Lipinski definition) is 4. The monoisotopic (exact) mass is 356 g/mol. The highest BCUT2D eigenvalue weighted by atomic mass is 32.2. The predicted octanol–water partition coefficient (Wildman–Crippen LogP) is 2.47. The molecule has 23 heavy (non-hydrogen) atoms. The predicted molar refractivity (Wildman–Crippen MR) is 90.9 cm³/mol. The number of hydrogen-bond donors (Lipinski definition) is 0. The van der Waals surface area contributed by atoms with Crippen molar-refractivity contribution in [1.29, 1.82) is 0 Å². The van der Waals surface area contributed by atoms with Gasteiger partial charge in [-0.3, -0.25) is 4.79 Å². The van der Waals surface area contributed by atoms with Crippen LogP contribution in [0.4, 0.5) is 0 Å². The fourth-order valence-electron chi connectivity index (χ4n) is 3.38. The van der Waals surface area contributed by atoms with E-state index in [0.29, 0.717) is 23.1 Å². The topological polar surface area (TPSA) is 57.7 Å². The lowest BCUT2D eigenvalue weighted by Crippen LogP contribution is -2.49. The molecule has 0 radical (unpaired) electrons. The molecule has 0 N–H and O–H groups in total. The molecule has 1 atom stereocenters. The molecule has 0 aromatic carbocycles. The number of sulfonamides is 1. The van der Waals surface area contributed by atoms with E-state index in [2.05, 4.69) is 6.92 Å². The van der Waals surface area contributed by atoms with Gasteiger partial charge in [-0.25, -0.2) is 8.42 Å². The van der Waals surface area contributed by atoms with Crippen LogP contribution in [0.25, 0.3) is 0 Å². The number of piperidine rings is 1. The van der Waals surface area contributed by atoms with Gasteiger partial charge < -0.3 is 4.90 Å². The quantitative estimate of drug-likeness (QED) is 0.836. The molecule has 7 heteroatoms. The fraction of sp³-hybridized carbons (Fsp3) is 0.688. The van der Waals surface area contributed by atoms with Crippen LogP contribution in [0.3, 0.4) is 0 Å². The highest BCUT2D eigenvalue weighted by molar-refractivity contribution is 7.91. The Morgan fingerprint density at radius 3 is 2.48 bits per heavy atom. The van der Waals surface area contributed by atoms with Crippen LogP contribution >= 0.6 is 11.3 Å². The number of carbonyl (C=O) groups excluding carboxylic acids is 1. The summed E-state index contributed by atoms with van der Waals surface area (Å²) in [4.78, 5) is 15.7. The molecule has 5 nitrogen and oxygen atoms in total. The Hall–Kier alpha value is -0.920. The third-order valence-corrected chi connectivity index (χ3v) is 8.24. The Morgan fingerprint density at radius 1 is 1.17 bits per heavy atom. The molecular weight excluding hydrogens is 332 g/mol. The highest BCUT2D eigenvalue weighted by Gasteiger charge is 2.41. The second-order valence-corrected chi connectivity index (χ2v) is 10.1. The third kappa shape index (κ3) is 3.32. The summed E-state index contributed by atoms with van der Waals surface area (Å²) in [5.74, 6) is 0.641. The molecule has 1 aromatic heterocycles. The molecular formula is C16H24N2O3S2. The average Bonchev–Trinajstić information content (AvgIpc) is 3.16. The van der Waals surface area contributed by atoms with E-state index in [0.717, 1.165) is 37.2 Å². The first-order chi connectivity index (χ1) is 10.9. The van der Waals surface area contributed by atoms with Crippen molar-refractivity contribution in [1.82, 2.24) is 9.21 Å². The van der Waals surface area contributed by atoms with E-state index in [1.165, 1.54) is 15.6 Å². The number of amides is 1. The van der Waals surface area contributed by atoms with Gasteiger partial charge in [0, 0.05) is 24.5 Å². The van der Waals surface area contributed by atoms with E-state index in [1.54, 1.807) is 6.07 Å². The minimum absolute atomic E-state index is 0.00810. The SMILES string of the molecule is Cc1ccc(S(=O)(=O)N2CCC[C@H]2C(=O)N2CCC(C)CC2)s1. The summed E-state index contributed by atoms with van der Waals surface area (Å²) in [6, 6.07) is 2.95. The van der Waals surface area contributed by atoms with E-state index in [1.807, 2.05) is 17.9 Å². The van der Waals surface area contributed by atoms with Crippen LogP contribution in [0.5, 0.6) is 0 Å². The molecule has 0 spiro atoms. The normalized spacial score (nSPS) is 24.3. The van der Waals surface area contributed by atoms with Crippen LogP contribution in [0.2, 0.25) is 0 Å². The van der Waals surface area contributed by atoms with Crippen LogP contribution in [-0.2, 0) is 14.8 Å². The summed E-state index contributed by atoms with van der Waals surface area (Å²) in [7, 11) is -3.56. The van der Waals surface area contributed by atoms with Crippen molar-refractivity contribution >= 4 is 27.3 Å². The number of carbonyl (C=O) groups is 1. The summed E-state index contributed by atoms with van der Waals surface area (Å²) in [5.41, 5.74) is 0. The molecule has 0 aliphatic carbocycles. The molecule has 3 heterocycles. The lowest BCUT2D eigenvalue weighted by Gasteiger charge is -2.34. The summed E-state index contributed by atoms with van der Waals surface area (Å²) in [5, 5.41) is 0. The molecule has 0 unspecified atom stereocenters. The average molecular weight is 357 g/mol. The second kappa shape index (κ2) is 6.53. The van der Waals surface area contributed by atoms with Crippen molar-refractivity contribution < 1.29 is 13.2 Å². The van der Waals surface area contributed by atoms with E-state index >= 15 is 0 Å². The summed E-state index contributed by atoms with van der Waals surface area (Å²) < 4.78 is 27.5. The van der Waals surface area contributed by atoms with Gasteiger partial charge in [0.1, 0.15) is 10.3 Å². The van der Waals surface area contributed by atoms with E-state index in [9.17, 15) is 13.2 Å². The molecule has 2 fully saturated rings. The molecule has 0 bridgehead atoms. The minimum Gasteiger partial charge on any atom is -0.341 e. The van der Waals surface area contributed by atoms with Gasteiger partial charge in [-0.1, -0.05) is 6.92 Å². The lowest BCUT2D eigenvalue weighted by molar-refractivity contribution is -0.135. The van der Waals surface area contributed by atoms with Crippen LogP contribution in [0.15, 0.2) is 16.3 Å². The summed E-state index contributed by atoms with van der Waals surface area (Å²) in [6.07, 6.45) is 3.41. The van der Waals surface area contributed by atoms with Crippen molar-refractivity contribution in [2.45, 2.75) is 49.8 Å². The zero-order valence-electron chi connectivity index (χ0n) is 13.7. The molecule has 0 saturated carbocycles. The second-order valence-electron chi connectivity index (χ2n) is 6.65. The fourth-order valence-corrected chi connectivity index (χ4v) is 6.44. The van der Waals surface area contributed by atoms with E-state index in [4.69, 9.17) is 0 Å². The van der Waals surface area contributed by atoms with Crippen molar-refractivity contribution in [3.05, 3.63) is 17.0 Å². The standard InChI is InChI=1S/C16H24N2O3S2/c1-12-7-10-17(11-8-12)16(19)14-4-3-9-18(14)23(20,21)15-6-5-13(2)22-15/h5-6,12,14H,3-4,7-11H2,1-2H3/t14-/m0/s1. The van der Waals surface area contributed by atoms with Crippen molar-refractivity contribution in [2.24, 2.45) is 5.92 Å². The first kappa shape index (κ1) is 16.9. The lowest BCUT2D eigenvalue weighted by atomic mass is 9.98. The Kier molecular flexibility index (Phi) is 4.80. The zero-order valence-corrected chi connectivity index (χ0v) is 15.3. The maximum atomic E-state index is 12.9. The van der Waals surface area contributed by atoms with Crippen LogP contribution in [-0.4, -0.2) is 49.2 Å². The molecule has 2 aliphatic heterocycles. The third-order valence-electron chi connectivity index (χ3n) is 4.86. The van der Waals surface area contributed by atoms with Gasteiger partial charge in [0.15, 0.2) is 0 Å². The van der Waals surface area contributed by atoms with Gasteiger partial charge >= 0.3 is 0 Å². The largest absolute Gasteiger partial charge is 0.341 e. The molecule has 1 aromatic rings. The van der Waals surface area contributed by atoms with Gasteiger partial charge in [-0.05, 0) is 50.7 Å². The van der Waals surface area contributed by atoms with Gasteiger partial charge in [0.2, 0.25) is 5.91 Å². The number of likely N-dealkylation sites (tertiary alicyclic amines) is 1. The van der Waals surface area contributed by atoms with Crippen molar-refractivity contribution in [2.75, 3.05) is 19.6 Å². The Labute approximate surface area is 142 Å². The Bertz CT molecular complexity index is 675. The number of rotatable bonds is 3. The maximum Gasteiger partial charge on any atom is 0.253 e. The first-order valence-electron chi connectivity index (χ1n) is 8.26. The van der Waals surface area contributed by atoms with Gasteiger partial charge in [0.25, 0.3) is 10.0 Å². The van der Waals surface area contributed by atoms with Crippen molar-refractivity contribution in [3.63, 3.8) is 0 Å². The van der Waals surface area contributed by atoms with Gasteiger partial charge in [0.05, 0.1) is 0 Å². The minimum atomic E-state index is -3.56. The Balaban J connectivity index is 1.78. The van der Waals surface area contributed by atoms with Crippen LogP contribution in [0.1, 0.15) is 37.5 Å². The number of aryl methyl sites for hydroxylation is 1. The van der Waals surface area contributed by atoms with Crippen molar-refractivity contribution in [3.8, 4) is 0 Å². The van der Waals surface area contributed by atoms with Gasteiger partial charge in [-0.15, -0.1) is 11.3 Å². The maximum absolute atomic E-state index is 12.9. The zero-order chi connectivity index (χ0) is 16.6. The molecule has 1 amide bonds. The smallest absolute Gasteiger partial charge is 0.253 e. The van der Waals surface area contributed by atoms with Crippen LogP contribution in [0, 0.1) is 12.8 Å². The Morgan fingerprint density at radius 2 is 1.87 bits per heavy atom. The van der Waals surface area contributed by atoms with Crippen LogP contribution < -0.4 is 0 Å². The number of nitrogens with zero attached hydrogens (tertiary/aromatic N) is 2. The highest BCUT2D eigenvalue weighted by Crippen LogP contribution is 2.31. The summed E-state index contributed by atoms with van der Waals surface area (Å²) in [6.45, 7) is 6.05. The number of thiophene rings is 1. The molecule has 2 saturated heterocycles. The van der Waals surface area contributed by atoms with E-state index < -0.39 is 16.1 Å².